The summed E-state index contributed by atoms with van der Waals surface area (Å²) in [6.45, 7) is 0. The molecule has 0 saturated carbocycles. The van der Waals surface area contributed by atoms with Crippen molar-refractivity contribution >= 4 is 23.2 Å². The Morgan fingerprint density at radius 3 is 2.03 bits per heavy atom. The zero-order valence-corrected chi connectivity index (χ0v) is 16.3. The molecule has 3 aromatic carbocycles. The minimum absolute atomic E-state index is 0.273. The summed E-state index contributed by atoms with van der Waals surface area (Å²) in [5.74, 6) is -0.666. The van der Waals surface area contributed by atoms with E-state index in [0.29, 0.717) is 11.4 Å². The number of para-hydroxylation sites is 3. The number of ether oxygens (including phenoxy) is 1. The first-order valence-electron chi connectivity index (χ1n) is 9.77. The van der Waals surface area contributed by atoms with Crippen LogP contribution in [0.2, 0.25) is 0 Å². The normalized spacial score (nSPS) is 23.0. The monoisotopic (exact) mass is 400 g/mol. The Morgan fingerprint density at radius 2 is 1.37 bits per heavy atom. The van der Waals surface area contributed by atoms with Gasteiger partial charge in [-0.1, -0.05) is 54.6 Å². The number of benzene rings is 3. The standard InChI is InChI=1S/C24H20N2O4/c1-29-19-15-9-8-14-18(19)21-20-22(30-26(21)17-12-6-3-7-13-17)24(28)25(23(20)27)16-10-4-2-5-11-16/h2-15,20-22H,1H3/t20-,21+,22-/m0/s1. The Labute approximate surface area is 174 Å². The molecule has 2 aliphatic heterocycles. The summed E-state index contributed by atoms with van der Waals surface area (Å²) >= 11 is 0. The number of carbonyl (C=O) groups excluding carboxylic acids is 2. The minimum Gasteiger partial charge on any atom is -0.496 e. The molecule has 0 aromatic heterocycles. The SMILES string of the molecule is COc1ccccc1[C@@H]1[C@@H]2C(=O)N(c3ccccc3)C(=O)[C@H]2ON1c1ccccc1. The quantitative estimate of drug-likeness (QED) is 0.625. The number of methoxy groups -OCH3 is 1. The lowest BCUT2D eigenvalue weighted by Crippen LogP contribution is -2.37. The minimum atomic E-state index is -0.896. The lowest BCUT2D eigenvalue weighted by atomic mass is 9.90. The molecule has 2 saturated heterocycles. The highest BCUT2D eigenvalue weighted by molar-refractivity contribution is 6.23. The van der Waals surface area contributed by atoms with Crippen LogP contribution in [0.3, 0.4) is 0 Å². The summed E-state index contributed by atoms with van der Waals surface area (Å²) in [4.78, 5) is 34.1. The number of imide groups is 1. The van der Waals surface area contributed by atoms with Crippen molar-refractivity contribution in [3.8, 4) is 5.75 Å². The zero-order valence-electron chi connectivity index (χ0n) is 16.3. The van der Waals surface area contributed by atoms with E-state index in [-0.39, 0.29) is 11.8 Å². The second kappa shape index (κ2) is 7.31. The van der Waals surface area contributed by atoms with Gasteiger partial charge in [0.05, 0.1) is 24.5 Å². The molecule has 0 unspecified atom stereocenters. The predicted octanol–water partition coefficient (Wildman–Crippen LogP) is 3.75. The zero-order chi connectivity index (χ0) is 20.7. The van der Waals surface area contributed by atoms with E-state index in [1.165, 1.54) is 4.90 Å². The van der Waals surface area contributed by atoms with Gasteiger partial charge in [0.25, 0.3) is 5.91 Å². The molecule has 2 fully saturated rings. The molecular formula is C24H20N2O4. The van der Waals surface area contributed by atoms with Gasteiger partial charge in [-0.15, -0.1) is 0 Å². The Hall–Kier alpha value is -3.64. The highest BCUT2D eigenvalue weighted by Crippen LogP contribution is 2.49. The van der Waals surface area contributed by atoms with Crippen LogP contribution in [0.1, 0.15) is 11.6 Å². The number of hydrogen-bond donors (Lipinski definition) is 0. The van der Waals surface area contributed by atoms with Crippen molar-refractivity contribution in [3.05, 3.63) is 90.5 Å². The smallest absolute Gasteiger partial charge is 0.266 e. The van der Waals surface area contributed by atoms with Crippen molar-refractivity contribution in [3.63, 3.8) is 0 Å². The van der Waals surface area contributed by atoms with Crippen LogP contribution < -0.4 is 14.7 Å². The van der Waals surface area contributed by atoms with E-state index in [1.54, 1.807) is 36.4 Å². The fourth-order valence-corrected chi connectivity index (χ4v) is 4.27. The van der Waals surface area contributed by atoms with Gasteiger partial charge in [0.15, 0.2) is 6.10 Å². The van der Waals surface area contributed by atoms with Crippen molar-refractivity contribution < 1.29 is 19.2 Å². The van der Waals surface area contributed by atoms with Gasteiger partial charge in [-0.2, -0.15) is 0 Å². The number of hydrogen-bond acceptors (Lipinski definition) is 5. The average Bonchev–Trinajstić information content (AvgIpc) is 3.31. The van der Waals surface area contributed by atoms with Crippen LogP contribution in [0.5, 0.6) is 5.75 Å². The third-order valence-electron chi connectivity index (χ3n) is 5.60. The van der Waals surface area contributed by atoms with Crippen LogP contribution in [-0.2, 0) is 14.4 Å². The molecule has 6 nitrogen and oxygen atoms in total. The number of amides is 2. The molecule has 0 spiro atoms. The number of rotatable bonds is 4. The lowest BCUT2D eigenvalue weighted by Gasteiger charge is -2.29. The van der Waals surface area contributed by atoms with E-state index in [4.69, 9.17) is 9.57 Å². The maximum absolute atomic E-state index is 13.5. The summed E-state index contributed by atoms with van der Waals surface area (Å²) in [5.41, 5.74) is 2.12. The molecule has 2 heterocycles. The van der Waals surface area contributed by atoms with Crippen LogP contribution in [0.15, 0.2) is 84.9 Å². The second-order valence-electron chi connectivity index (χ2n) is 7.25. The number of carbonyl (C=O) groups is 2. The van der Waals surface area contributed by atoms with Crippen LogP contribution >= 0.6 is 0 Å². The molecule has 2 amide bonds. The van der Waals surface area contributed by atoms with Gasteiger partial charge in [-0.3, -0.25) is 14.4 Å². The van der Waals surface area contributed by atoms with Gasteiger partial charge in [0.1, 0.15) is 11.7 Å². The first-order chi connectivity index (χ1) is 14.7. The average molecular weight is 400 g/mol. The van der Waals surface area contributed by atoms with Gasteiger partial charge < -0.3 is 4.74 Å². The molecule has 3 aromatic rings. The third kappa shape index (κ3) is 2.76. The van der Waals surface area contributed by atoms with E-state index in [0.717, 1.165) is 11.3 Å². The Kier molecular flexibility index (Phi) is 4.48. The maximum atomic E-state index is 13.5. The fraction of sp³-hybridized carbons (Fsp3) is 0.167. The Morgan fingerprint density at radius 1 is 0.767 bits per heavy atom. The molecule has 0 radical (unpaired) electrons. The molecule has 2 aliphatic rings. The largest absolute Gasteiger partial charge is 0.496 e. The van der Waals surface area contributed by atoms with Crippen LogP contribution in [0.25, 0.3) is 0 Å². The van der Waals surface area contributed by atoms with Gasteiger partial charge in [-0.05, 0) is 30.3 Å². The first kappa shape index (κ1) is 18.4. The van der Waals surface area contributed by atoms with Crippen molar-refractivity contribution in [1.82, 2.24) is 0 Å². The van der Waals surface area contributed by atoms with Gasteiger partial charge >= 0.3 is 0 Å². The maximum Gasteiger partial charge on any atom is 0.266 e. The molecule has 0 N–H and O–H groups in total. The highest BCUT2D eigenvalue weighted by atomic mass is 16.7. The molecule has 150 valence electrons. The lowest BCUT2D eigenvalue weighted by molar-refractivity contribution is -0.126. The number of fused-ring (bicyclic) bond motifs is 1. The van der Waals surface area contributed by atoms with Crippen molar-refractivity contribution in [2.24, 2.45) is 5.92 Å². The van der Waals surface area contributed by atoms with Crippen molar-refractivity contribution in [2.75, 3.05) is 17.1 Å². The van der Waals surface area contributed by atoms with Crippen molar-refractivity contribution in [1.29, 1.82) is 0 Å². The van der Waals surface area contributed by atoms with E-state index in [9.17, 15) is 9.59 Å². The molecular weight excluding hydrogens is 380 g/mol. The Bertz CT molecular complexity index is 1090. The van der Waals surface area contributed by atoms with Gasteiger partial charge in [0.2, 0.25) is 5.91 Å². The fourth-order valence-electron chi connectivity index (χ4n) is 4.27. The third-order valence-corrected chi connectivity index (χ3v) is 5.60. The van der Waals surface area contributed by atoms with Crippen molar-refractivity contribution in [2.45, 2.75) is 12.1 Å². The number of nitrogens with zero attached hydrogens (tertiary/aromatic N) is 2. The molecule has 5 rings (SSSR count). The second-order valence-corrected chi connectivity index (χ2v) is 7.25. The molecule has 6 heteroatoms. The predicted molar refractivity (Wildman–Crippen MR) is 112 cm³/mol. The summed E-state index contributed by atoms with van der Waals surface area (Å²) in [5, 5.41) is 1.67. The first-order valence-corrected chi connectivity index (χ1v) is 9.77. The number of anilines is 2. The summed E-state index contributed by atoms with van der Waals surface area (Å²) in [6, 6.07) is 25.5. The summed E-state index contributed by atoms with van der Waals surface area (Å²) in [6.07, 6.45) is -0.896. The van der Waals surface area contributed by atoms with Crippen LogP contribution in [-0.4, -0.2) is 25.0 Å². The topological polar surface area (TPSA) is 59.1 Å². The number of hydroxylamine groups is 1. The highest BCUT2D eigenvalue weighted by Gasteiger charge is 2.60. The molecule has 3 atom stereocenters. The van der Waals surface area contributed by atoms with E-state index in [1.807, 2.05) is 60.7 Å². The van der Waals surface area contributed by atoms with Crippen LogP contribution in [0, 0.1) is 5.92 Å². The molecule has 0 bridgehead atoms. The van der Waals surface area contributed by atoms with Crippen LogP contribution in [0.4, 0.5) is 11.4 Å². The molecule has 30 heavy (non-hydrogen) atoms. The van der Waals surface area contributed by atoms with E-state index >= 15 is 0 Å². The molecule has 0 aliphatic carbocycles. The van der Waals surface area contributed by atoms with Gasteiger partial charge in [-0.25, -0.2) is 9.96 Å². The summed E-state index contributed by atoms with van der Waals surface area (Å²) < 4.78 is 5.57. The van der Waals surface area contributed by atoms with E-state index in [2.05, 4.69) is 0 Å². The van der Waals surface area contributed by atoms with E-state index < -0.39 is 18.1 Å². The Balaban J connectivity index is 1.62. The van der Waals surface area contributed by atoms with Gasteiger partial charge in [0, 0.05) is 5.56 Å². The summed E-state index contributed by atoms with van der Waals surface area (Å²) in [7, 11) is 1.59.